The Morgan fingerprint density at radius 1 is 1.42 bits per heavy atom. The summed E-state index contributed by atoms with van der Waals surface area (Å²) in [6.07, 6.45) is 2.44. The first-order valence-electron chi connectivity index (χ1n) is 3.96. The van der Waals surface area contributed by atoms with Gasteiger partial charge in [-0.15, -0.1) is 0 Å². The smallest absolute Gasteiger partial charge is 0.168 e. The molecule has 0 fully saturated rings. The lowest BCUT2D eigenvalue weighted by Gasteiger charge is -2.18. The molecule has 1 aromatic heterocycles. The van der Waals surface area contributed by atoms with E-state index in [1.807, 2.05) is 12.1 Å². The number of carbonyl (C=O) groups excluding carboxylic acids is 1. The van der Waals surface area contributed by atoms with Gasteiger partial charge in [0.2, 0.25) is 0 Å². The molecule has 0 saturated heterocycles. The Labute approximate surface area is 72.6 Å². The molecule has 0 aliphatic rings. The van der Waals surface area contributed by atoms with Crippen molar-refractivity contribution >= 4 is 6.29 Å². The van der Waals surface area contributed by atoms with Gasteiger partial charge in [-0.3, -0.25) is 9.78 Å². The Morgan fingerprint density at radius 2 is 2.08 bits per heavy atom. The van der Waals surface area contributed by atoms with E-state index >= 15 is 0 Å². The quantitative estimate of drug-likeness (QED) is 0.594. The summed E-state index contributed by atoms with van der Waals surface area (Å²) in [6.45, 7) is 6.32. The highest BCUT2D eigenvalue weighted by Gasteiger charge is 2.13. The third-order valence-corrected chi connectivity index (χ3v) is 1.77. The Balaban J connectivity index is 3.10. The fraction of sp³-hybridized carbons (Fsp3) is 0.400. The second kappa shape index (κ2) is 3.05. The summed E-state index contributed by atoms with van der Waals surface area (Å²) >= 11 is 0. The minimum Gasteiger partial charge on any atom is -0.296 e. The van der Waals surface area contributed by atoms with Crippen LogP contribution >= 0.6 is 0 Å². The molecule has 0 aliphatic heterocycles. The van der Waals surface area contributed by atoms with Crippen LogP contribution in [-0.4, -0.2) is 11.3 Å². The van der Waals surface area contributed by atoms with Gasteiger partial charge in [-0.1, -0.05) is 20.8 Å². The molecule has 1 aromatic rings. The van der Waals surface area contributed by atoms with Crippen LogP contribution in [-0.2, 0) is 5.41 Å². The average Bonchev–Trinajstić information content (AvgIpc) is 2.03. The molecule has 0 amide bonds. The third kappa shape index (κ3) is 1.91. The molecule has 0 radical (unpaired) electrons. The normalized spacial score (nSPS) is 11.2. The molecule has 0 unspecified atom stereocenters. The van der Waals surface area contributed by atoms with E-state index in [2.05, 4.69) is 25.8 Å². The molecular formula is C10H13NO. The minimum absolute atomic E-state index is 0.0840. The number of aromatic nitrogens is 1. The van der Waals surface area contributed by atoms with Gasteiger partial charge in [0, 0.05) is 6.20 Å². The van der Waals surface area contributed by atoms with Crippen LogP contribution in [0, 0.1) is 0 Å². The summed E-state index contributed by atoms with van der Waals surface area (Å²) in [6, 6.07) is 3.76. The number of hydrogen-bond donors (Lipinski definition) is 0. The third-order valence-electron chi connectivity index (χ3n) is 1.77. The van der Waals surface area contributed by atoms with Crippen molar-refractivity contribution in [3.8, 4) is 0 Å². The van der Waals surface area contributed by atoms with E-state index in [9.17, 15) is 4.79 Å². The molecule has 1 heterocycles. The van der Waals surface area contributed by atoms with Gasteiger partial charge in [0.05, 0.1) is 0 Å². The lowest BCUT2D eigenvalue weighted by atomic mass is 9.87. The van der Waals surface area contributed by atoms with Crippen molar-refractivity contribution in [3.05, 3.63) is 29.6 Å². The molecule has 0 saturated carbocycles. The van der Waals surface area contributed by atoms with Crippen LogP contribution in [0.15, 0.2) is 18.3 Å². The van der Waals surface area contributed by atoms with Crippen LogP contribution < -0.4 is 0 Å². The predicted octanol–water partition coefficient (Wildman–Crippen LogP) is 2.19. The lowest BCUT2D eigenvalue weighted by molar-refractivity contribution is 0.111. The summed E-state index contributed by atoms with van der Waals surface area (Å²) in [4.78, 5) is 14.3. The molecular weight excluding hydrogens is 150 g/mol. The molecule has 0 aliphatic carbocycles. The Bertz CT molecular complexity index is 286. The topological polar surface area (TPSA) is 30.0 Å². The van der Waals surface area contributed by atoms with Crippen molar-refractivity contribution < 1.29 is 4.79 Å². The number of nitrogens with zero attached hydrogens (tertiary/aromatic N) is 1. The zero-order valence-electron chi connectivity index (χ0n) is 7.66. The standard InChI is InChI=1S/C10H13NO/c1-10(2,3)8-4-5-11-9(6-8)7-12/h4-7H,1-3H3. The Hall–Kier alpha value is -1.18. The van der Waals surface area contributed by atoms with Crippen LogP contribution in [0.25, 0.3) is 0 Å². The zero-order chi connectivity index (χ0) is 9.19. The second-order valence-electron chi connectivity index (χ2n) is 3.84. The van der Waals surface area contributed by atoms with Crippen LogP contribution in [0.4, 0.5) is 0 Å². The van der Waals surface area contributed by atoms with Crippen molar-refractivity contribution in [1.82, 2.24) is 4.98 Å². The van der Waals surface area contributed by atoms with E-state index in [0.29, 0.717) is 5.69 Å². The van der Waals surface area contributed by atoms with Crippen LogP contribution in [0.2, 0.25) is 0 Å². The summed E-state index contributed by atoms with van der Waals surface area (Å²) in [7, 11) is 0. The molecule has 12 heavy (non-hydrogen) atoms. The first-order chi connectivity index (χ1) is 5.54. The van der Waals surface area contributed by atoms with E-state index in [1.165, 1.54) is 0 Å². The van der Waals surface area contributed by atoms with Crippen molar-refractivity contribution in [3.63, 3.8) is 0 Å². The van der Waals surface area contributed by atoms with Gasteiger partial charge < -0.3 is 0 Å². The van der Waals surface area contributed by atoms with E-state index in [1.54, 1.807) is 6.20 Å². The maximum Gasteiger partial charge on any atom is 0.168 e. The van der Waals surface area contributed by atoms with Gasteiger partial charge in [0.15, 0.2) is 6.29 Å². The highest BCUT2D eigenvalue weighted by Crippen LogP contribution is 2.21. The monoisotopic (exact) mass is 163 g/mol. The molecule has 0 aromatic carbocycles. The number of rotatable bonds is 1. The summed E-state index contributed by atoms with van der Waals surface area (Å²) < 4.78 is 0. The molecule has 0 spiro atoms. The van der Waals surface area contributed by atoms with E-state index in [4.69, 9.17) is 0 Å². The molecule has 0 bridgehead atoms. The maximum absolute atomic E-state index is 10.4. The minimum atomic E-state index is 0.0840. The average molecular weight is 163 g/mol. The fourth-order valence-electron chi connectivity index (χ4n) is 0.979. The van der Waals surface area contributed by atoms with Gasteiger partial charge in [0.25, 0.3) is 0 Å². The highest BCUT2D eigenvalue weighted by molar-refractivity contribution is 5.71. The van der Waals surface area contributed by atoms with E-state index < -0.39 is 0 Å². The SMILES string of the molecule is CC(C)(C)c1ccnc(C=O)c1. The van der Waals surface area contributed by atoms with Gasteiger partial charge in [-0.2, -0.15) is 0 Å². The Kier molecular flexibility index (Phi) is 2.27. The molecule has 2 nitrogen and oxygen atoms in total. The molecule has 2 heteroatoms. The summed E-state index contributed by atoms with van der Waals surface area (Å²) in [5.41, 5.74) is 1.72. The lowest BCUT2D eigenvalue weighted by Crippen LogP contribution is -2.11. The van der Waals surface area contributed by atoms with Gasteiger partial charge in [-0.05, 0) is 23.1 Å². The maximum atomic E-state index is 10.4. The zero-order valence-corrected chi connectivity index (χ0v) is 7.66. The van der Waals surface area contributed by atoms with E-state index in [0.717, 1.165) is 11.8 Å². The largest absolute Gasteiger partial charge is 0.296 e. The first kappa shape index (κ1) is 8.91. The highest BCUT2D eigenvalue weighted by atomic mass is 16.1. The van der Waals surface area contributed by atoms with Crippen molar-refractivity contribution in [2.24, 2.45) is 0 Å². The molecule has 0 N–H and O–H groups in total. The molecule has 64 valence electrons. The number of pyridine rings is 1. The van der Waals surface area contributed by atoms with Crippen LogP contribution in [0.3, 0.4) is 0 Å². The van der Waals surface area contributed by atoms with Crippen molar-refractivity contribution in [2.75, 3.05) is 0 Å². The molecule has 0 atom stereocenters. The van der Waals surface area contributed by atoms with Crippen molar-refractivity contribution in [2.45, 2.75) is 26.2 Å². The summed E-state index contributed by atoms with van der Waals surface area (Å²) in [5.74, 6) is 0. The van der Waals surface area contributed by atoms with Gasteiger partial charge in [0.1, 0.15) is 5.69 Å². The molecule has 1 rings (SSSR count). The Morgan fingerprint density at radius 3 is 2.58 bits per heavy atom. The van der Waals surface area contributed by atoms with Gasteiger partial charge >= 0.3 is 0 Å². The number of hydrogen-bond acceptors (Lipinski definition) is 2. The van der Waals surface area contributed by atoms with Gasteiger partial charge in [-0.25, -0.2) is 0 Å². The van der Waals surface area contributed by atoms with Crippen LogP contribution in [0.5, 0.6) is 0 Å². The first-order valence-corrected chi connectivity index (χ1v) is 3.96. The second-order valence-corrected chi connectivity index (χ2v) is 3.84. The number of aldehydes is 1. The summed E-state index contributed by atoms with van der Waals surface area (Å²) in [5, 5.41) is 0. The number of carbonyl (C=O) groups is 1. The predicted molar refractivity (Wildman–Crippen MR) is 48.3 cm³/mol. The fourth-order valence-corrected chi connectivity index (χ4v) is 0.979. The van der Waals surface area contributed by atoms with Crippen LogP contribution in [0.1, 0.15) is 36.8 Å². The van der Waals surface area contributed by atoms with E-state index in [-0.39, 0.29) is 5.41 Å². The van der Waals surface area contributed by atoms with Crippen molar-refractivity contribution in [1.29, 1.82) is 0 Å².